The maximum absolute atomic E-state index is 12.9. The number of rotatable bonds is 8. The van der Waals surface area contributed by atoms with Gasteiger partial charge in [-0.25, -0.2) is 4.39 Å². The Morgan fingerprint density at radius 3 is 2.28 bits per heavy atom. The van der Waals surface area contributed by atoms with Crippen molar-refractivity contribution < 1.29 is 23.5 Å². The van der Waals surface area contributed by atoms with Crippen LogP contribution in [0, 0.1) is 5.82 Å². The van der Waals surface area contributed by atoms with E-state index in [-0.39, 0.29) is 11.7 Å². The summed E-state index contributed by atoms with van der Waals surface area (Å²) in [6.45, 7) is 3.10. The molecule has 0 saturated heterocycles. The highest BCUT2D eigenvalue weighted by Crippen LogP contribution is 2.20. The Hall–Kier alpha value is -3.39. The number of carbonyl (C=O) groups excluding carboxylic acids is 3. The summed E-state index contributed by atoms with van der Waals surface area (Å²) in [5, 5.41) is 6.76. The second-order valence-corrected chi connectivity index (χ2v) is 8.47. The van der Waals surface area contributed by atoms with E-state index in [2.05, 4.69) is 10.6 Å². The Labute approximate surface area is 189 Å². The van der Waals surface area contributed by atoms with Gasteiger partial charge in [-0.1, -0.05) is 30.3 Å². The number of thioether (sulfide) groups is 1. The van der Waals surface area contributed by atoms with Crippen LogP contribution in [0.25, 0.3) is 10.8 Å². The third-order valence-electron chi connectivity index (χ3n) is 4.60. The first-order valence-electron chi connectivity index (χ1n) is 9.99. The molecule has 32 heavy (non-hydrogen) atoms. The van der Waals surface area contributed by atoms with Crippen LogP contribution in [0.3, 0.4) is 0 Å². The van der Waals surface area contributed by atoms with E-state index < -0.39 is 29.0 Å². The third kappa shape index (κ3) is 6.55. The van der Waals surface area contributed by atoms with E-state index >= 15 is 0 Å². The molecule has 6 nitrogen and oxygen atoms in total. The predicted molar refractivity (Wildman–Crippen MR) is 125 cm³/mol. The van der Waals surface area contributed by atoms with E-state index in [0.717, 1.165) is 22.5 Å². The van der Waals surface area contributed by atoms with Gasteiger partial charge in [0.1, 0.15) is 11.1 Å². The molecular formula is C24H23FN2O4S. The highest BCUT2D eigenvalue weighted by atomic mass is 32.2. The molecule has 0 aliphatic rings. The van der Waals surface area contributed by atoms with Crippen molar-refractivity contribution in [2.24, 2.45) is 0 Å². The number of ether oxygens (including phenoxy) is 1. The molecule has 8 heteroatoms. The van der Waals surface area contributed by atoms with E-state index in [4.69, 9.17) is 4.74 Å². The van der Waals surface area contributed by atoms with Gasteiger partial charge in [0.05, 0.1) is 5.75 Å². The molecule has 3 aromatic rings. The molecule has 0 aromatic heterocycles. The zero-order valence-electron chi connectivity index (χ0n) is 17.6. The number of benzene rings is 3. The topological polar surface area (TPSA) is 84.5 Å². The number of hydrogen-bond acceptors (Lipinski definition) is 5. The molecule has 0 bridgehead atoms. The summed E-state index contributed by atoms with van der Waals surface area (Å²) in [5.74, 6) is -1.76. The van der Waals surface area contributed by atoms with Gasteiger partial charge in [0.25, 0.3) is 5.91 Å². The van der Waals surface area contributed by atoms with E-state index in [1.807, 2.05) is 36.4 Å². The van der Waals surface area contributed by atoms with Gasteiger partial charge >= 0.3 is 5.97 Å². The van der Waals surface area contributed by atoms with Crippen LogP contribution in [0.4, 0.5) is 15.8 Å². The largest absolute Gasteiger partial charge is 0.452 e. The number of esters is 1. The first-order valence-corrected chi connectivity index (χ1v) is 11.0. The summed E-state index contributed by atoms with van der Waals surface area (Å²) in [7, 11) is 0. The summed E-state index contributed by atoms with van der Waals surface area (Å²) < 4.78 is 18.2. The maximum Gasteiger partial charge on any atom is 0.319 e. The number of amides is 2. The summed E-state index contributed by atoms with van der Waals surface area (Å²) in [4.78, 5) is 36.7. The normalized spacial score (nSPS) is 12.6. The van der Waals surface area contributed by atoms with Crippen molar-refractivity contribution in [3.8, 4) is 0 Å². The SMILES string of the molecule is CC(OC(=O)C(C)SCC(=O)Nc1ccc(F)cc1)C(=O)Nc1ccc2ccccc2c1. The summed E-state index contributed by atoms with van der Waals surface area (Å²) in [6, 6.07) is 18.7. The second-order valence-electron chi connectivity index (χ2n) is 7.14. The summed E-state index contributed by atoms with van der Waals surface area (Å²) >= 11 is 1.08. The highest BCUT2D eigenvalue weighted by Gasteiger charge is 2.23. The van der Waals surface area contributed by atoms with Gasteiger partial charge in [0.2, 0.25) is 5.91 Å². The molecule has 3 rings (SSSR count). The van der Waals surface area contributed by atoms with Crippen molar-refractivity contribution >= 4 is 51.7 Å². The molecule has 3 aromatic carbocycles. The maximum atomic E-state index is 12.9. The fourth-order valence-corrected chi connectivity index (χ4v) is 3.50. The van der Waals surface area contributed by atoms with Crippen LogP contribution in [0.15, 0.2) is 66.7 Å². The lowest BCUT2D eigenvalue weighted by atomic mass is 10.1. The third-order valence-corrected chi connectivity index (χ3v) is 5.72. The van der Waals surface area contributed by atoms with Crippen molar-refractivity contribution in [3.63, 3.8) is 0 Å². The van der Waals surface area contributed by atoms with Gasteiger partial charge in [-0.2, -0.15) is 0 Å². The minimum atomic E-state index is -0.995. The van der Waals surface area contributed by atoms with Gasteiger partial charge in [-0.05, 0) is 61.0 Å². The lowest BCUT2D eigenvalue weighted by Gasteiger charge is -2.16. The average molecular weight is 455 g/mol. The molecule has 2 unspecified atom stereocenters. The Morgan fingerprint density at radius 1 is 0.906 bits per heavy atom. The van der Waals surface area contributed by atoms with Crippen LogP contribution in [0.2, 0.25) is 0 Å². The van der Waals surface area contributed by atoms with Gasteiger partial charge in [0, 0.05) is 11.4 Å². The molecule has 0 spiro atoms. The van der Waals surface area contributed by atoms with Gasteiger partial charge in [-0.3, -0.25) is 14.4 Å². The van der Waals surface area contributed by atoms with Crippen LogP contribution in [-0.2, 0) is 19.1 Å². The quantitative estimate of drug-likeness (QED) is 0.486. The van der Waals surface area contributed by atoms with E-state index in [0.29, 0.717) is 11.4 Å². The standard InChI is InChI=1S/C24H23FN2O4S/c1-15(23(29)27-21-10-7-17-5-3-4-6-18(17)13-21)31-24(30)16(2)32-14-22(28)26-20-11-8-19(25)9-12-20/h3-13,15-16H,14H2,1-2H3,(H,26,28)(H,27,29). The van der Waals surface area contributed by atoms with E-state index in [9.17, 15) is 18.8 Å². The number of hydrogen-bond donors (Lipinski definition) is 2. The van der Waals surface area contributed by atoms with Crippen molar-refractivity contribution in [3.05, 3.63) is 72.5 Å². The Bertz CT molecular complexity index is 1120. The zero-order valence-corrected chi connectivity index (χ0v) is 18.4. The Kier molecular flexibility index (Phi) is 7.83. The molecule has 2 atom stereocenters. The number of nitrogens with one attached hydrogen (secondary N) is 2. The highest BCUT2D eigenvalue weighted by molar-refractivity contribution is 8.01. The zero-order chi connectivity index (χ0) is 23.1. The number of carbonyl (C=O) groups is 3. The fraction of sp³-hybridized carbons (Fsp3) is 0.208. The lowest BCUT2D eigenvalue weighted by Crippen LogP contribution is -2.32. The number of fused-ring (bicyclic) bond motifs is 1. The number of halogens is 1. The van der Waals surface area contributed by atoms with Gasteiger partial charge in [0.15, 0.2) is 6.10 Å². The summed E-state index contributed by atoms with van der Waals surface area (Å²) in [6.07, 6.45) is -0.995. The number of anilines is 2. The van der Waals surface area contributed by atoms with Gasteiger partial charge < -0.3 is 15.4 Å². The smallest absolute Gasteiger partial charge is 0.319 e. The van der Waals surface area contributed by atoms with Gasteiger partial charge in [-0.15, -0.1) is 11.8 Å². The Balaban J connectivity index is 1.45. The van der Waals surface area contributed by atoms with Crippen LogP contribution in [0.5, 0.6) is 0 Å². The van der Waals surface area contributed by atoms with Crippen molar-refractivity contribution in [1.82, 2.24) is 0 Å². The molecular weight excluding hydrogens is 431 g/mol. The molecule has 0 aliphatic heterocycles. The molecule has 2 N–H and O–H groups in total. The molecule has 0 heterocycles. The fourth-order valence-electron chi connectivity index (χ4n) is 2.83. The molecule has 0 fully saturated rings. The lowest BCUT2D eigenvalue weighted by molar-refractivity contribution is -0.152. The van der Waals surface area contributed by atoms with Crippen molar-refractivity contribution in [1.29, 1.82) is 0 Å². The molecule has 0 saturated carbocycles. The summed E-state index contributed by atoms with van der Waals surface area (Å²) in [5.41, 5.74) is 1.07. The van der Waals surface area contributed by atoms with Crippen molar-refractivity contribution in [2.75, 3.05) is 16.4 Å². The molecule has 2 amide bonds. The monoisotopic (exact) mass is 454 g/mol. The first kappa shape index (κ1) is 23.3. The predicted octanol–water partition coefficient (Wildman–Crippen LogP) is 4.61. The Morgan fingerprint density at radius 2 is 1.56 bits per heavy atom. The minimum Gasteiger partial charge on any atom is -0.452 e. The van der Waals surface area contributed by atoms with Crippen LogP contribution >= 0.6 is 11.8 Å². The minimum absolute atomic E-state index is 0.00527. The van der Waals surface area contributed by atoms with Crippen LogP contribution in [-0.4, -0.2) is 34.9 Å². The molecule has 0 aliphatic carbocycles. The average Bonchev–Trinajstić information content (AvgIpc) is 2.78. The van der Waals surface area contributed by atoms with E-state index in [1.165, 1.54) is 31.2 Å². The first-order chi connectivity index (χ1) is 15.3. The van der Waals surface area contributed by atoms with E-state index in [1.54, 1.807) is 13.0 Å². The second kappa shape index (κ2) is 10.8. The molecule has 166 valence electrons. The molecule has 0 radical (unpaired) electrons. The van der Waals surface area contributed by atoms with Crippen molar-refractivity contribution in [2.45, 2.75) is 25.2 Å². The van der Waals surface area contributed by atoms with Crippen LogP contribution < -0.4 is 10.6 Å². The van der Waals surface area contributed by atoms with Crippen LogP contribution in [0.1, 0.15) is 13.8 Å².